The molecule has 3 nitrogen and oxygen atoms in total. The molecule has 0 aliphatic carbocycles. The molecule has 1 fully saturated rings. The minimum Gasteiger partial charge on any atom is -0.381 e. The molecule has 1 aromatic carbocycles. The summed E-state index contributed by atoms with van der Waals surface area (Å²) in [6.07, 6.45) is 2.05. The molecule has 1 aromatic rings. The van der Waals surface area contributed by atoms with Crippen molar-refractivity contribution >= 4 is 5.78 Å². The number of ketones is 1. The Morgan fingerprint density at radius 2 is 1.94 bits per heavy atom. The molecular formula is C14H19NO2. The Bertz CT molecular complexity index is 358. The van der Waals surface area contributed by atoms with Crippen LogP contribution >= 0.6 is 0 Å². The smallest absolute Gasteiger partial charge is 0.176 e. The van der Waals surface area contributed by atoms with Crippen molar-refractivity contribution in [3.05, 3.63) is 35.9 Å². The molecular weight excluding hydrogens is 214 g/mol. The average molecular weight is 233 g/mol. The maximum Gasteiger partial charge on any atom is 0.176 e. The van der Waals surface area contributed by atoms with Gasteiger partial charge in [-0.3, -0.25) is 9.69 Å². The molecule has 92 valence electrons. The second-order valence-electron chi connectivity index (χ2n) is 4.55. The quantitative estimate of drug-likeness (QED) is 0.745. The molecule has 0 bridgehead atoms. The molecule has 0 N–H and O–H groups in total. The van der Waals surface area contributed by atoms with Crippen LogP contribution in [-0.4, -0.2) is 43.5 Å². The van der Waals surface area contributed by atoms with E-state index in [1.54, 1.807) is 0 Å². The highest BCUT2D eigenvalue weighted by molar-refractivity contribution is 5.97. The Balaban J connectivity index is 1.89. The van der Waals surface area contributed by atoms with Gasteiger partial charge in [0.25, 0.3) is 0 Å². The van der Waals surface area contributed by atoms with E-state index in [0.717, 1.165) is 31.6 Å². The number of likely N-dealkylation sites (N-methyl/N-ethyl adjacent to an activating group) is 1. The lowest BCUT2D eigenvalue weighted by atomic mass is 10.1. The lowest BCUT2D eigenvalue weighted by Gasteiger charge is -2.30. The van der Waals surface area contributed by atoms with Crippen LogP contribution in [0.2, 0.25) is 0 Å². The Kier molecular flexibility index (Phi) is 4.29. The topological polar surface area (TPSA) is 29.5 Å². The van der Waals surface area contributed by atoms with Crippen LogP contribution in [-0.2, 0) is 4.74 Å². The third kappa shape index (κ3) is 3.38. The van der Waals surface area contributed by atoms with Crippen LogP contribution < -0.4 is 0 Å². The van der Waals surface area contributed by atoms with Gasteiger partial charge >= 0.3 is 0 Å². The van der Waals surface area contributed by atoms with Crippen molar-refractivity contribution in [1.29, 1.82) is 0 Å². The largest absolute Gasteiger partial charge is 0.381 e. The number of ether oxygens (including phenoxy) is 1. The van der Waals surface area contributed by atoms with Gasteiger partial charge in [0.1, 0.15) is 0 Å². The van der Waals surface area contributed by atoms with E-state index < -0.39 is 0 Å². The third-order valence-corrected chi connectivity index (χ3v) is 3.30. The lowest BCUT2D eigenvalue weighted by molar-refractivity contribution is 0.0418. The van der Waals surface area contributed by atoms with Crippen molar-refractivity contribution in [1.82, 2.24) is 4.90 Å². The third-order valence-electron chi connectivity index (χ3n) is 3.30. The van der Waals surface area contributed by atoms with Gasteiger partial charge in [0.2, 0.25) is 0 Å². The molecule has 3 heteroatoms. The summed E-state index contributed by atoms with van der Waals surface area (Å²) in [5.74, 6) is 0.194. The Labute approximate surface area is 102 Å². The first-order valence-corrected chi connectivity index (χ1v) is 6.13. The standard InChI is InChI=1S/C14H19NO2/c1-15(13-7-9-17-10-8-13)11-14(16)12-5-3-2-4-6-12/h2-6,13H,7-11H2,1H3. The molecule has 17 heavy (non-hydrogen) atoms. The zero-order valence-electron chi connectivity index (χ0n) is 10.3. The number of hydrogen-bond donors (Lipinski definition) is 0. The van der Waals surface area contributed by atoms with Gasteiger partial charge in [0, 0.05) is 24.8 Å². The fourth-order valence-corrected chi connectivity index (χ4v) is 2.20. The molecule has 1 heterocycles. The summed E-state index contributed by atoms with van der Waals surface area (Å²) in [5.41, 5.74) is 0.798. The second-order valence-corrected chi connectivity index (χ2v) is 4.55. The van der Waals surface area contributed by atoms with Crippen LogP contribution in [0.5, 0.6) is 0 Å². The van der Waals surface area contributed by atoms with Gasteiger partial charge < -0.3 is 4.74 Å². The number of rotatable bonds is 4. The fraction of sp³-hybridized carbons (Fsp3) is 0.500. The van der Waals surface area contributed by atoms with Crippen LogP contribution in [0.1, 0.15) is 23.2 Å². The Morgan fingerprint density at radius 3 is 2.59 bits per heavy atom. The monoisotopic (exact) mass is 233 g/mol. The van der Waals surface area contributed by atoms with E-state index in [4.69, 9.17) is 4.74 Å². The zero-order valence-corrected chi connectivity index (χ0v) is 10.3. The normalized spacial score (nSPS) is 17.3. The second kappa shape index (κ2) is 5.94. The van der Waals surface area contributed by atoms with Crippen molar-refractivity contribution in [2.75, 3.05) is 26.8 Å². The first-order valence-electron chi connectivity index (χ1n) is 6.13. The molecule has 0 saturated carbocycles. The summed E-state index contributed by atoms with van der Waals surface area (Å²) >= 11 is 0. The van der Waals surface area contributed by atoms with Crippen molar-refractivity contribution in [2.24, 2.45) is 0 Å². The number of nitrogens with zero attached hydrogens (tertiary/aromatic N) is 1. The van der Waals surface area contributed by atoms with E-state index in [9.17, 15) is 4.79 Å². The van der Waals surface area contributed by atoms with Crippen LogP contribution in [0.3, 0.4) is 0 Å². The summed E-state index contributed by atoms with van der Waals surface area (Å²) in [4.78, 5) is 14.2. The van der Waals surface area contributed by atoms with E-state index >= 15 is 0 Å². The molecule has 0 atom stereocenters. The van der Waals surface area contributed by atoms with Gasteiger partial charge in [-0.05, 0) is 19.9 Å². The minimum atomic E-state index is 0.194. The first kappa shape index (κ1) is 12.3. The number of benzene rings is 1. The maximum atomic E-state index is 12.0. The highest BCUT2D eigenvalue weighted by atomic mass is 16.5. The van der Waals surface area contributed by atoms with Gasteiger partial charge in [-0.2, -0.15) is 0 Å². The SMILES string of the molecule is CN(CC(=O)c1ccccc1)C1CCOCC1. The molecule has 0 radical (unpaired) electrons. The lowest BCUT2D eigenvalue weighted by Crippen LogP contribution is -2.39. The van der Waals surface area contributed by atoms with Crippen molar-refractivity contribution in [3.63, 3.8) is 0 Å². The molecule has 0 unspecified atom stereocenters. The molecule has 0 amide bonds. The van der Waals surface area contributed by atoms with E-state index in [2.05, 4.69) is 4.90 Å². The van der Waals surface area contributed by atoms with Crippen molar-refractivity contribution in [2.45, 2.75) is 18.9 Å². The predicted molar refractivity (Wildman–Crippen MR) is 67.2 cm³/mol. The van der Waals surface area contributed by atoms with Crippen molar-refractivity contribution in [3.8, 4) is 0 Å². The molecule has 1 aliphatic rings. The van der Waals surface area contributed by atoms with Gasteiger partial charge in [-0.25, -0.2) is 0 Å². The first-order chi connectivity index (χ1) is 8.27. The van der Waals surface area contributed by atoms with Crippen LogP contribution in [0, 0.1) is 0 Å². The van der Waals surface area contributed by atoms with E-state index in [1.807, 2.05) is 37.4 Å². The van der Waals surface area contributed by atoms with Gasteiger partial charge in [-0.1, -0.05) is 30.3 Å². The van der Waals surface area contributed by atoms with Gasteiger partial charge in [-0.15, -0.1) is 0 Å². The number of hydrogen-bond acceptors (Lipinski definition) is 3. The minimum absolute atomic E-state index is 0.194. The van der Waals surface area contributed by atoms with Gasteiger partial charge in [0.05, 0.1) is 6.54 Å². The number of carbonyl (C=O) groups excluding carboxylic acids is 1. The van der Waals surface area contributed by atoms with E-state index in [-0.39, 0.29) is 5.78 Å². The van der Waals surface area contributed by atoms with Gasteiger partial charge in [0.15, 0.2) is 5.78 Å². The summed E-state index contributed by atoms with van der Waals surface area (Å²) in [7, 11) is 2.02. The fourth-order valence-electron chi connectivity index (χ4n) is 2.20. The Morgan fingerprint density at radius 1 is 1.29 bits per heavy atom. The molecule has 2 rings (SSSR count). The predicted octanol–water partition coefficient (Wildman–Crippen LogP) is 1.98. The molecule has 0 spiro atoms. The summed E-state index contributed by atoms with van der Waals surface area (Å²) in [5, 5.41) is 0. The zero-order chi connectivity index (χ0) is 12.1. The summed E-state index contributed by atoms with van der Waals surface area (Å²) in [6.45, 7) is 2.12. The average Bonchev–Trinajstić information content (AvgIpc) is 2.40. The molecule has 1 saturated heterocycles. The summed E-state index contributed by atoms with van der Waals surface area (Å²) in [6, 6.07) is 9.97. The van der Waals surface area contributed by atoms with Crippen LogP contribution in [0.4, 0.5) is 0 Å². The van der Waals surface area contributed by atoms with Crippen molar-refractivity contribution < 1.29 is 9.53 Å². The summed E-state index contributed by atoms with van der Waals surface area (Å²) < 4.78 is 5.33. The number of carbonyl (C=O) groups is 1. The number of Topliss-reactive ketones (excluding diaryl/α,β-unsaturated/α-hetero) is 1. The van der Waals surface area contributed by atoms with Crippen LogP contribution in [0.15, 0.2) is 30.3 Å². The highest BCUT2D eigenvalue weighted by Crippen LogP contribution is 2.13. The maximum absolute atomic E-state index is 12.0. The van der Waals surface area contributed by atoms with Crippen LogP contribution in [0.25, 0.3) is 0 Å². The molecule has 1 aliphatic heterocycles. The van der Waals surface area contributed by atoms with E-state index in [0.29, 0.717) is 12.6 Å². The molecule has 0 aromatic heterocycles. The Hall–Kier alpha value is -1.19. The van der Waals surface area contributed by atoms with E-state index in [1.165, 1.54) is 0 Å². The highest BCUT2D eigenvalue weighted by Gasteiger charge is 2.20.